The van der Waals surface area contributed by atoms with E-state index in [0.29, 0.717) is 16.8 Å². The summed E-state index contributed by atoms with van der Waals surface area (Å²) in [6.45, 7) is 0. The number of esters is 1. The molecule has 1 aromatic carbocycles. The maximum Gasteiger partial charge on any atom is 0.322 e. The molecule has 0 radical (unpaired) electrons. The number of nitrogens with one attached hydrogen (secondary N) is 1. The number of fused-ring (bicyclic) bond motifs is 1. The Morgan fingerprint density at radius 2 is 2.31 bits per heavy atom. The van der Waals surface area contributed by atoms with E-state index in [1.54, 1.807) is 12.1 Å². The fourth-order valence-electron chi connectivity index (χ4n) is 1.68. The lowest BCUT2D eigenvalue weighted by atomic mass is 9.99. The normalized spacial score (nSPS) is 17.2. The number of nitrogens with zero attached hydrogens (tertiary/aromatic N) is 1. The lowest BCUT2D eigenvalue weighted by Gasteiger charge is -2.05. The predicted molar refractivity (Wildman–Crippen MR) is 54.5 cm³/mol. The van der Waals surface area contributed by atoms with Gasteiger partial charge in [-0.2, -0.15) is 5.26 Å². The van der Waals surface area contributed by atoms with Gasteiger partial charge in [0, 0.05) is 11.3 Å². The number of rotatable bonds is 1. The molecule has 1 atom stereocenters. The second-order valence-corrected chi connectivity index (χ2v) is 3.36. The van der Waals surface area contributed by atoms with Gasteiger partial charge in [-0.05, 0) is 18.2 Å². The van der Waals surface area contributed by atoms with Crippen LogP contribution in [-0.4, -0.2) is 19.0 Å². The molecule has 80 valence electrons. The van der Waals surface area contributed by atoms with Crippen molar-refractivity contribution in [1.82, 2.24) is 0 Å². The monoisotopic (exact) mass is 216 g/mol. The highest BCUT2D eigenvalue weighted by atomic mass is 16.5. The molecule has 1 aliphatic rings. The number of carbonyl (C=O) groups is 2. The highest BCUT2D eigenvalue weighted by Gasteiger charge is 2.37. The number of amides is 1. The highest BCUT2D eigenvalue weighted by Crippen LogP contribution is 2.33. The van der Waals surface area contributed by atoms with Crippen LogP contribution < -0.4 is 5.32 Å². The van der Waals surface area contributed by atoms with Crippen LogP contribution in [0.15, 0.2) is 18.2 Å². The van der Waals surface area contributed by atoms with Gasteiger partial charge in [0.25, 0.3) is 0 Å². The van der Waals surface area contributed by atoms with Crippen molar-refractivity contribution in [3.63, 3.8) is 0 Å². The summed E-state index contributed by atoms with van der Waals surface area (Å²) in [5.41, 5.74) is 1.46. The lowest BCUT2D eigenvalue weighted by molar-refractivity contribution is -0.144. The topological polar surface area (TPSA) is 79.2 Å². The van der Waals surface area contributed by atoms with Crippen LogP contribution >= 0.6 is 0 Å². The first-order valence-corrected chi connectivity index (χ1v) is 4.60. The Morgan fingerprint density at radius 3 is 2.94 bits per heavy atom. The second kappa shape index (κ2) is 3.66. The number of carbonyl (C=O) groups excluding carboxylic acids is 2. The molecule has 5 nitrogen and oxygen atoms in total. The van der Waals surface area contributed by atoms with Crippen LogP contribution in [0.5, 0.6) is 0 Å². The first-order valence-electron chi connectivity index (χ1n) is 4.60. The van der Waals surface area contributed by atoms with Gasteiger partial charge in [0.2, 0.25) is 5.91 Å². The van der Waals surface area contributed by atoms with Gasteiger partial charge in [-0.15, -0.1) is 0 Å². The molecule has 16 heavy (non-hydrogen) atoms. The maximum absolute atomic E-state index is 11.5. The maximum atomic E-state index is 11.5. The van der Waals surface area contributed by atoms with Crippen molar-refractivity contribution in [3.05, 3.63) is 29.3 Å². The van der Waals surface area contributed by atoms with E-state index >= 15 is 0 Å². The Kier molecular flexibility index (Phi) is 2.33. The molecule has 0 fully saturated rings. The Balaban J connectivity index is 2.51. The zero-order chi connectivity index (χ0) is 11.7. The molecule has 1 N–H and O–H groups in total. The summed E-state index contributed by atoms with van der Waals surface area (Å²) in [6.07, 6.45) is 0. The summed E-state index contributed by atoms with van der Waals surface area (Å²) >= 11 is 0. The van der Waals surface area contributed by atoms with Crippen molar-refractivity contribution in [3.8, 4) is 6.07 Å². The van der Waals surface area contributed by atoms with Crippen molar-refractivity contribution in [1.29, 1.82) is 5.26 Å². The summed E-state index contributed by atoms with van der Waals surface area (Å²) < 4.78 is 4.55. The number of hydrogen-bond acceptors (Lipinski definition) is 4. The largest absolute Gasteiger partial charge is 0.468 e. The van der Waals surface area contributed by atoms with Gasteiger partial charge in [0.05, 0.1) is 18.7 Å². The Hall–Kier alpha value is -2.35. The minimum Gasteiger partial charge on any atom is -0.468 e. The molecule has 0 spiro atoms. The summed E-state index contributed by atoms with van der Waals surface area (Å²) in [5.74, 6) is -2.00. The van der Waals surface area contributed by atoms with Crippen molar-refractivity contribution >= 4 is 17.6 Å². The molecule has 0 aliphatic carbocycles. The minimum absolute atomic E-state index is 0.407. The van der Waals surface area contributed by atoms with Gasteiger partial charge in [-0.25, -0.2) is 0 Å². The molecule has 2 rings (SSSR count). The average Bonchev–Trinajstić information content (AvgIpc) is 2.63. The quantitative estimate of drug-likeness (QED) is 0.555. The Bertz CT molecular complexity index is 508. The number of anilines is 1. The van der Waals surface area contributed by atoms with Crippen LogP contribution in [0.1, 0.15) is 17.0 Å². The van der Waals surface area contributed by atoms with Crippen LogP contribution in [-0.2, 0) is 14.3 Å². The van der Waals surface area contributed by atoms with Gasteiger partial charge in [-0.1, -0.05) is 0 Å². The smallest absolute Gasteiger partial charge is 0.322 e. The average molecular weight is 216 g/mol. The molecular weight excluding hydrogens is 208 g/mol. The van der Waals surface area contributed by atoms with E-state index in [0.717, 1.165) is 0 Å². The van der Waals surface area contributed by atoms with E-state index in [1.807, 2.05) is 6.07 Å². The molecule has 0 aromatic heterocycles. The molecule has 0 bridgehead atoms. The summed E-state index contributed by atoms with van der Waals surface area (Å²) in [5, 5.41) is 11.3. The zero-order valence-corrected chi connectivity index (χ0v) is 8.48. The van der Waals surface area contributed by atoms with Gasteiger partial charge < -0.3 is 10.1 Å². The minimum atomic E-state index is -0.965. The molecular formula is C11H8N2O3. The van der Waals surface area contributed by atoms with E-state index in [4.69, 9.17) is 5.26 Å². The van der Waals surface area contributed by atoms with Crippen LogP contribution in [0.3, 0.4) is 0 Å². The SMILES string of the molecule is COC(=O)C1C(=O)Nc2ccc(C#N)cc21. The van der Waals surface area contributed by atoms with Crippen molar-refractivity contribution in [2.75, 3.05) is 12.4 Å². The number of hydrogen-bond donors (Lipinski definition) is 1. The van der Waals surface area contributed by atoms with E-state index < -0.39 is 17.8 Å². The van der Waals surface area contributed by atoms with Crippen molar-refractivity contribution in [2.45, 2.75) is 5.92 Å². The van der Waals surface area contributed by atoms with Crippen LogP contribution in [0.25, 0.3) is 0 Å². The van der Waals surface area contributed by atoms with Gasteiger partial charge >= 0.3 is 5.97 Å². The Labute approximate surface area is 91.6 Å². The number of methoxy groups -OCH3 is 1. The number of benzene rings is 1. The summed E-state index contributed by atoms with van der Waals surface area (Å²) in [7, 11) is 1.22. The molecule has 1 aromatic rings. The summed E-state index contributed by atoms with van der Waals surface area (Å²) in [4.78, 5) is 23.0. The van der Waals surface area contributed by atoms with Crippen LogP contribution in [0.2, 0.25) is 0 Å². The Morgan fingerprint density at radius 1 is 1.56 bits per heavy atom. The first kappa shape index (κ1) is 10.2. The molecule has 0 saturated carbocycles. The highest BCUT2D eigenvalue weighted by molar-refractivity contribution is 6.14. The third-order valence-corrected chi connectivity index (χ3v) is 2.45. The molecule has 1 amide bonds. The van der Waals surface area contributed by atoms with Gasteiger partial charge in [0.1, 0.15) is 0 Å². The van der Waals surface area contributed by atoms with Gasteiger partial charge in [-0.3, -0.25) is 9.59 Å². The molecule has 1 unspecified atom stereocenters. The van der Waals surface area contributed by atoms with E-state index in [2.05, 4.69) is 10.1 Å². The van der Waals surface area contributed by atoms with Crippen molar-refractivity contribution in [2.24, 2.45) is 0 Å². The molecule has 1 heterocycles. The molecule has 5 heteroatoms. The lowest BCUT2D eigenvalue weighted by Crippen LogP contribution is -2.21. The van der Waals surface area contributed by atoms with E-state index in [9.17, 15) is 9.59 Å². The predicted octanol–water partition coefficient (Wildman–Crippen LogP) is 0.767. The number of ether oxygens (including phenoxy) is 1. The van der Waals surface area contributed by atoms with Crippen LogP contribution in [0, 0.1) is 11.3 Å². The van der Waals surface area contributed by atoms with E-state index in [-0.39, 0.29) is 0 Å². The standard InChI is InChI=1S/C11H8N2O3/c1-16-11(15)9-7-4-6(5-12)2-3-8(7)13-10(9)14/h2-4,9H,1H3,(H,13,14). The number of nitriles is 1. The molecule has 1 aliphatic heterocycles. The molecule has 0 saturated heterocycles. The fourth-order valence-corrected chi connectivity index (χ4v) is 1.68. The fraction of sp³-hybridized carbons (Fsp3) is 0.182. The second-order valence-electron chi connectivity index (χ2n) is 3.36. The van der Waals surface area contributed by atoms with Gasteiger partial charge in [0.15, 0.2) is 5.92 Å². The third-order valence-electron chi connectivity index (χ3n) is 2.45. The van der Waals surface area contributed by atoms with E-state index in [1.165, 1.54) is 13.2 Å². The third kappa shape index (κ3) is 1.41. The first-order chi connectivity index (χ1) is 7.67. The zero-order valence-electron chi connectivity index (χ0n) is 8.48. The van der Waals surface area contributed by atoms with Crippen LogP contribution in [0.4, 0.5) is 5.69 Å². The van der Waals surface area contributed by atoms with Crippen molar-refractivity contribution < 1.29 is 14.3 Å². The summed E-state index contributed by atoms with van der Waals surface area (Å²) in [6, 6.07) is 6.67.